The van der Waals surface area contributed by atoms with E-state index in [1.165, 1.54) is 16.2 Å². The summed E-state index contributed by atoms with van der Waals surface area (Å²) in [5.41, 5.74) is 2.27. The van der Waals surface area contributed by atoms with Crippen molar-refractivity contribution in [2.45, 2.75) is 12.8 Å². The van der Waals surface area contributed by atoms with Gasteiger partial charge in [0.05, 0.1) is 15.0 Å². The molecule has 3 aromatic rings. The normalized spacial score (nSPS) is 15.2. The third-order valence-corrected chi connectivity index (χ3v) is 8.12. The van der Waals surface area contributed by atoms with Gasteiger partial charge >= 0.3 is 0 Å². The number of halogens is 2. The third kappa shape index (κ3) is 5.65. The van der Waals surface area contributed by atoms with Gasteiger partial charge in [-0.3, -0.25) is 19.8 Å². The Hall–Kier alpha value is -2.23. The van der Waals surface area contributed by atoms with Crippen LogP contribution < -0.4 is 5.32 Å². The average Bonchev–Trinajstić information content (AvgIpc) is 3.34. The van der Waals surface area contributed by atoms with E-state index in [9.17, 15) is 9.59 Å². The van der Waals surface area contributed by atoms with Gasteiger partial charge < -0.3 is 0 Å². The van der Waals surface area contributed by atoms with Crippen LogP contribution in [0.5, 0.6) is 0 Å². The first-order valence-electron chi connectivity index (χ1n) is 9.78. The highest BCUT2D eigenvalue weighted by Crippen LogP contribution is 2.34. The molecule has 0 aliphatic carbocycles. The Morgan fingerprint density at radius 2 is 1.88 bits per heavy atom. The molecule has 2 aromatic carbocycles. The molecule has 1 aliphatic rings. The smallest absolute Gasteiger partial charge is 0.266 e. The minimum Gasteiger partial charge on any atom is -0.298 e. The summed E-state index contributed by atoms with van der Waals surface area (Å²) in [5.74, 6) is -0.645. The van der Waals surface area contributed by atoms with Crippen LogP contribution in [0, 0.1) is 0 Å². The molecule has 2 heterocycles. The fourth-order valence-electron chi connectivity index (χ4n) is 3.16. The maximum absolute atomic E-state index is 13.3. The quantitative estimate of drug-likeness (QED) is 0.312. The number of carbonyl (C=O) groups excluding carboxylic acids is 2. The molecule has 1 saturated heterocycles. The Bertz CT molecular complexity index is 1270. The second-order valence-corrected chi connectivity index (χ2v) is 10.8. The SMILES string of the molecule is CN1C(=O)/C(=C(/Cc2ccccc2)C(=O)Nc2ncc(Cc3ccc(Cl)c(Cl)c3)s2)SC1=S. The Morgan fingerprint density at radius 3 is 2.55 bits per heavy atom. The minimum atomic E-state index is -0.372. The number of rotatable bonds is 6. The van der Waals surface area contributed by atoms with E-state index in [0.717, 1.165) is 27.8 Å². The van der Waals surface area contributed by atoms with Gasteiger partial charge in [-0.05, 0) is 23.3 Å². The van der Waals surface area contributed by atoms with Gasteiger partial charge in [-0.1, -0.05) is 83.6 Å². The average molecular weight is 535 g/mol. The number of thiazole rings is 1. The molecule has 4 rings (SSSR count). The van der Waals surface area contributed by atoms with E-state index in [-0.39, 0.29) is 11.8 Å². The molecule has 0 bridgehead atoms. The summed E-state index contributed by atoms with van der Waals surface area (Å²) in [6.07, 6.45) is 2.62. The number of thiocarbonyl (C=S) groups is 1. The summed E-state index contributed by atoms with van der Waals surface area (Å²) in [6.45, 7) is 0. The number of likely N-dealkylation sites (N-methyl/N-ethyl adjacent to an activating group) is 1. The number of hydrogen-bond donors (Lipinski definition) is 1. The van der Waals surface area contributed by atoms with Crippen molar-refractivity contribution in [3.63, 3.8) is 0 Å². The molecule has 10 heteroatoms. The summed E-state index contributed by atoms with van der Waals surface area (Å²) in [4.78, 5) is 33.0. The lowest BCUT2D eigenvalue weighted by Crippen LogP contribution is -2.24. The number of aromatic nitrogens is 1. The molecule has 0 radical (unpaired) electrons. The first-order valence-corrected chi connectivity index (χ1v) is 12.6. The van der Waals surface area contributed by atoms with Crippen molar-refractivity contribution >= 4 is 79.8 Å². The van der Waals surface area contributed by atoms with Crippen LogP contribution in [0.25, 0.3) is 0 Å². The molecule has 1 fully saturated rings. The van der Waals surface area contributed by atoms with Crippen LogP contribution in [0.3, 0.4) is 0 Å². The van der Waals surface area contributed by atoms with E-state index in [4.69, 9.17) is 35.4 Å². The molecule has 5 nitrogen and oxygen atoms in total. The Kier molecular flexibility index (Phi) is 7.51. The second kappa shape index (κ2) is 10.4. The molecule has 1 aromatic heterocycles. The van der Waals surface area contributed by atoms with Crippen molar-refractivity contribution in [1.29, 1.82) is 0 Å². The summed E-state index contributed by atoms with van der Waals surface area (Å²) < 4.78 is 0.423. The lowest BCUT2D eigenvalue weighted by atomic mass is 10.0. The number of nitrogens with one attached hydrogen (secondary N) is 1. The number of thioether (sulfide) groups is 1. The Labute approximate surface area is 214 Å². The number of hydrogen-bond acceptors (Lipinski definition) is 6. The van der Waals surface area contributed by atoms with Crippen LogP contribution in [-0.2, 0) is 22.4 Å². The van der Waals surface area contributed by atoms with E-state index < -0.39 is 0 Å². The zero-order valence-electron chi connectivity index (χ0n) is 17.3. The fraction of sp³-hybridized carbons (Fsp3) is 0.130. The number of carbonyl (C=O) groups is 2. The molecule has 0 unspecified atom stereocenters. The van der Waals surface area contributed by atoms with Crippen LogP contribution in [0.4, 0.5) is 5.13 Å². The predicted molar refractivity (Wildman–Crippen MR) is 140 cm³/mol. The topological polar surface area (TPSA) is 62.3 Å². The molecular formula is C23H17Cl2N3O2S3. The Morgan fingerprint density at radius 1 is 1.12 bits per heavy atom. The second-order valence-electron chi connectivity index (χ2n) is 7.21. The first kappa shape index (κ1) is 23.9. The first-order chi connectivity index (χ1) is 15.8. The highest BCUT2D eigenvalue weighted by atomic mass is 35.5. The van der Waals surface area contributed by atoms with Gasteiger partial charge in [0.2, 0.25) is 0 Å². The predicted octanol–water partition coefficient (Wildman–Crippen LogP) is 5.97. The van der Waals surface area contributed by atoms with Crippen molar-refractivity contribution in [1.82, 2.24) is 9.88 Å². The molecular weight excluding hydrogens is 517 g/mol. The molecule has 1 aliphatic heterocycles. The van der Waals surface area contributed by atoms with Gasteiger partial charge in [0, 0.05) is 36.5 Å². The maximum Gasteiger partial charge on any atom is 0.266 e. The molecule has 33 heavy (non-hydrogen) atoms. The van der Waals surface area contributed by atoms with Crippen LogP contribution in [-0.4, -0.2) is 33.1 Å². The molecule has 2 amide bonds. The van der Waals surface area contributed by atoms with Crippen LogP contribution >= 0.6 is 58.5 Å². The van der Waals surface area contributed by atoms with E-state index in [2.05, 4.69) is 10.3 Å². The highest BCUT2D eigenvalue weighted by molar-refractivity contribution is 8.26. The summed E-state index contributed by atoms with van der Waals surface area (Å²) in [6, 6.07) is 15.0. The maximum atomic E-state index is 13.3. The summed E-state index contributed by atoms with van der Waals surface area (Å²) in [7, 11) is 1.61. The van der Waals surface area contributed by atoms with E-state index >= 15 is 0 Å². The zero-order valence-corrected chi connectivity index (χ0v) is 21.3. The molecule has 0 spiro atoms. The van der Waals surface area contributed by atoms with Gasteiger partial charge in [-0.15, -0.1) is 11.3 Å². The Balaban J connectivity index is 1.55. The molecule has 0 atom stereocenters. The number of nitrogens with zero attached hydrogens (tertiary/aromatic N) is 2. The number of benzene rings is 2. The largest absolute Gasteiger partial charge is 0.298 e. The van der Waals surface area contributed by atoms with E-state index in [0.29, 0.717) is 42.8 Å². The van der Waals surface area contributed by atoms with Crippen molar-refractivity contribution in [3.8, 4) is 0 Å². The van der Waals surface area contributed by atoms with Gasteiger partial charge in [-0.25, -0.2) is 4.98 Å². The van der Waals surface area contributed by atoms with Gasteiger partial charge in [0.15, 0.2) is 5.13 Å². The number of anilines is 1. The van der Waals surface area contributed by atoms with Gasteiger partial charge in [-0.2, -0.15) is 0 Å². The van der Waals surface area contributed by atoms with Crippen LogP contribution in [0.1, 0.15) is 16.0 Å². The van der Waals surface area contributed by atoms with Crippen molar-refractivity contribution < 1.29 is 9.59 Å². The molecule has 168 valence electrons. The van der Waals surface area contributed by atoms with E-state index in [1.54, 1.807) is 19.3 Å². The summed E-state index contributed by atoms with van der Waals surface area (Å²) in [5, 5.41) is 4.30. The summed E-state index contributed by atoms with van der Waals surface area (Å²) >= 11 is 19.8. The minimum absolute atomic E-state index is 0.273. The fourth-order valence-corrected chi connectivity index (χ4v) is 5.56. The van der Waals surface area contributed by atoms with Gasteiger partial charge in [0.25, 0.3) is 11.8 Å². The standard InChI is InChI=1S/C23H17Cl2N3O2S3/c1-28-21(30)19(33-23(28)31)16(10-13-5-3-2-4-6-13)20(29)27-22-26-12-15(32-22)9-14-7-8-17(24)18(25)11-14/h2-8,11-12H,9-10H2,1H3,(H,26,27,29)/b19-16+. The molecule has 0 saturated carbocycles. The van der Waals surface area contributed by atoms with Crippen LogP contribution in [0.15, 0.2) is 65.2 Å². The number of amides is 2. The van der Waals surface area contributed by atoms with Crippen molar-refractivity contribution in [2.24, 2.45) is 0 Å². The third-order valence-electron chi connectivity index (χ3n) is 4.87. The lowest BCUT2D eigenvalue weighted by molar-refractivity contribution is -0.122. The van der Waals surface area contributed by atoms with Crippen molar-refractivity contribution in [3.05, 3.63) is 91.3 Å². The van der Waals surface area contributed by atoms with Crippen LogP contribution in [0.2, 0.25) is 10.0 Å². The van der Waals surface area contributed by atoms with Crippen molar-refractivity contribution in [2.75, 3.05) is 12.4 Å². The van der Waals surface area contributed by atoms with E-state index in [1.807, 2.05) is 42.5 Å². The zero-order chi connectivity index (χ0) is 23.5. The monoisotopic (exact) mass is 533 g/mol. The highest BCUT2D eigenvalue weighted by Gasteiger charge is 2.34. The lowest BCUT2D eigenvalue weighted by Gasteiger charge is -2.10. The van der Waals surface area contributed by atoms with Gasteiger partial charge in [0.1, 0.15) is 4.32 Å². The molecule has 1 N–H and O–H groups in total.